The van der Waals surface area contributed by atoms with Gasteiger partial charge in [0.05, 0.1) is 30.9 Å². The van der Waals surface area contributed by atoms with Crippen LogP contribution >= 0.6 is 0 Å². The number of ether oxygens (including phenoxy) is 1. The number of rotatable bonds is 6. The van der Waals surface area contributed by atoms with Crippen molar-refractivity contribution >= 4 is 17.8 Å². The molecule has 0 bridgehead atoms. The zero-order valence-corrected chi connectivity index (χ0v) is 11.0. The highest BCUT2D eigenvalue weighted by atomic mass is 19.1. The highest BCUT2D eigenvalue weighted by molar-refractivity contribution is 6.31. The summed E-state index contributed by atoms with van der Waals surface area (Å²) in [6, 6.07) is 2.78. The molecule has 1 amide bonds. The third kappa shape index (κ3) is 3.96. The average molecular weight is 300 g/mol. The normalized spacial score (nSPS) is 16.5. The number of anilines is 1. The summed E-state index contributed by atoms with van der Waals surface area (Å²) in [6.07, 6.45) is 0.827. The van der Waals surface area contributed by atoms with Crippen LogP contribution in [0.5, 0.6) is 0 Å². The van der Waals surface area contributed by atoms with Gasteiger partial charge in [0.25, 0.3) is 5.91 Å². The maximum absolute atomic E-state index is 13.3. The zero-order chi connectivity index (χ0) is 15.3. The molecule has 1 heterocycles. The number of carbonyl (C=O) groups is 1. The first kappa shape index (κ1) is 15.3. The standard InChI is InChI=1S/C13H14F2N2O4/c14-9-1-2-11(10(15)3-9)17-12(19)4-16-21-8-13(5-18)6-20-7-13/h1-4,18H,5-8H2,(H,17,19)/b16-4+. The second-order valence-electron chi connectivity index (χ2n) is 4.77. The molecule has 0 spiro atoms. The van der Waals surface area contributed by atoms with E-state index >= 15 is 0 Å². The lowest BCUT2D eigenvalue weighted by molar-refractivity contribution is -0.168. The van der Waals surface area contributed by atoms with Crippen molar-refractivity contribution in [2.45, 2.75) is 0 Å². The van der Waals surface area contributed by atoms with Crippen LogP contribution in [0.4, 0.5) is 14.5 Å². The summed E-state index contributed by atoms with van der Waals surface area (Å²) in [4.78, 5) is 16.4. The van der Waals surface area contributed by atoms with Crippen LogP contribution in [0, 0.1) is 17.0 Å². The maximum Gasteiger partial charge on any atom is 0.270 e. The lowest BCUT2D eigenvalue weighted by Gasteiger charge is -2.38. The summed E-state index contributed by atoms with van der Waals surface area (Å²) in [5, 5.41) is 14.8. The van der Waals surface area contributed by atoms with E-state index in [-0.39, 0.29) is 18.9 Å². The Balaban J connectivity index is 1.80. The number of carbonyl (C=O) groups excluding carboxylic acids is 1. The smallest absolute Gasteiger partial charge is 0.270 e. The Morgan fingerprint density at radius 2 is 2.29 bits per heavy atom. The Kier molecular flexibility index (Phi) is 4.81. The number of hydrogen-bond acceptors (Lipinski definition) is 5. The number of hydrogen-bond donors (Lipinski definition) is 2. The van der Waals surface area contributed by atoms with E-state index in [0.29, 0.717) is 19.3 Å². The topological polar surface area (TPSA) is 80.2 Å². The van der Waals surface area contributed by atoms with Crippen LogP contribution in [0.2, 0.25) is 0 Å². The summed E-state index contributed by atoms with van der Waals surface area (Å²) in [6.45, 7) is 0.742. The fourth-order valence-corrected chi connectivity index (χ4v) is 1.63. The SMILES string of the molecule is O=C(/C=N/OCC1(CO)COC1)Nc1ccc(F)cc1F. The van der Waals surface area contributed by atoms with E-state index in [2.05, 4.69) is 10.5 Å². The van der Waals surface area contributed by atoms with E-state index in [0.717, 1.165) is 18.3 Å². The summed E-state index contributed by atoms with van der Waals surface area (Å²) in [5.41, 5.74) is -0.635. The molecule has 2 N–H and O–H groups in total. The minimum absolute atomic E-state index is 0.102. The highest BCUT2D eigenvalue weighted by Gasteiger charge is 2.39. The lowest BCUT2D eigenvalue weighted by atomic mass is 9.88. The summed E-state index contributed by atoms with van der Waals surface area (Å²) < 4.78 is 30.9. The highest BCUT2D eigenvalue weighted by Crippen LogP contribution is 2.26. The summed E-state index contributed by atoms with van der Waals surface area (Å²) >= 11 is 0. The fourth-order valence-electron chi connectivity index (χ4n) is 1.63. The van der Waals surface area contributed by atoms with Gasteiger partial charge in [-0.15, -0.1) is 0 Å². The first-order chi connectivity index (χ1) is 10.0. The largest absolute Gasteiger partial charge is 0.395 e. The van der Waals surface area contributed by atoms with Crippen LogP contribution in [-0.2, 0) is 14.4 Å². The van der Waals surface area contributed by atoms with E-state index in [1.807, 2.05) is 0 Å². The molecule has 114 valence electrons. The Bertz CT molecular complexity index is 541. The van der Waals surface area contributed by atoms with Crippen molar-refractivity contribution in [3.63, 3.8) is 0 Å². The van der Waals surface area contributed by atoms with Crippen molar-refractivity contribution in [3.8, 4) is 0 Å². The molecule has 1 saturated heterocycles. The van der Waals surface area contributed by atoms with Crippen molar-refractivity contribution in [1.29, 1.82) is 0 Å². The molecule has 2 rings (SSSR count). The predicted molar refractivity (Wildman–Crippen MR) is 69.8 cm³/mol. The summed E-state index contributed by atoms with van der Waals surface area (Å²) in [5.74, 6) is -2.34. The number of oxime groups is 1. The Morgan fingerprint density at radius 1 is 1.52 bits per heavy atom. The quantitative estimate of drug-likeness (QED) is 0.604. The molecule has 0 aromatic heterocycles. The van der Waals surface area contributed by atoms with Gasteiger partial charge in [-0.05, 0) is 12.1 Å². The molecule has 1 aliphatic heterocycles. The number of halogens is 2. The van der Waals surface area contributed by atoms with Crippen LogP contribution in [0.3, 0.4) is 0 Å². The van der Waals surface area contributed by atoms with E-state index in [1.165, 1.54) is 0 Å². The maximum atomic E-state index is 13.3. The molecule has 1 aliphatic rings. The Labute approximate surface area is 119 Å². The van der Waals surface area contributed by atoms with Crippen molar-refractivity contribution in [1.82, 2.24) is 0 Å². The van der Waals surface area contributed by atoms with Gasteiger partial charge in [0.2, 0.25) is 0 Å². The molecule has 0 aliphatic carbocycles. The molecule has 21 heavy (non-hydrogen) atoms. The minimum atomic E-state index is -0.886. The molecule has 1 aromatic carbocycles. The number of aliphatic hydroxyl groups is 1. The number of benzene rings is 1. The van der Waals surface area contributed by atoms with Crippen molar-refractivity contribution in [2.75, 3.05) is 31.7 Å². The molecule has 8 heteroatoms. The number of nitrogens with one attached hydrogen (secondary N) is 1. The van der Waals surface area contributed by atoms with E-state index in [1.54, 1.807) is 0 Å². The second-order valence-corrected chi connectivity index (χ2v) is 4.77. The van der Waals surface area contributed by atoms with Gasteiger partial charge in [-0.1, -0.05) is 5.16 Å². The van der Waals surface area contributed by atoms with Crippen LogP contribution in [0.25, 0.3) is 0 Å². The Morgan fingerprint density at radius 3 is 2.86 bits per heavy atom. The predicted octanol–water partition coefficient (Wildman–Crippen LogP) is 0.915. The molecule has 1 fully saturated rings. The summed E-state index contributed by atoms with van der Waals surface area (Å²) in [7, 11) is 0. The van der Waals surface area contributed by atoms with Gasteiger partial charge in [0, 0.05) is 6.07 Å². The number of amides is 1. The van der Waals surface area contributed by atoms with Gasteiger partial charge in [-0.2, -0.15) is 0 Å². The minimum Gasteiger partial charge on any atom is -0.395 e. The zero-order valence-electron chi connectivity index (χ0n) is 11.0. The van der Waals surface area contributed by atoms with E-state index in [4.69, 9.17) is 14.7 Å². The first-order valence-corrected chi connectivity index (χ1v) is 6.15. The third-order valence-electron chi connectivity index (χ3n) is 2.96. The molecule has 0 radical (unpaired) electrons. The molecule has 1 aromatic rings. The average Bonchev–Trinajstić information content (AvgIpc) is 2.40. The third-order valence-corrected chi connectivity index (χ3v) is 2.96. The van der Waals surface area contributed by atoms with Gasteiger partial charge in [0.15, 0.2) is 0 Å². The molecular formula is C13H14F2N2O4. The van der Waals surface area contributed by atoms with Crippen molar-refractivity contribution in [3.05, 3.63) is 29.8 Å². The van der Waals surface area contributed by atoms with Crippen molar-refractivity contribution < 1.29 is 28.3 Å². The fraction of sp³-hybridized carbons (Fsp3) is 0.385. The second kappa shape index (κ2) is 6.59. The van der Waals surface area contributed by atoms with Gasteiger partial charge >= 0.3 is 0 Å². The van der Waals surface area contributed by atoms with E-state index in [9.17, 15) is 13.6 Å². The van der Waals surface area contributed by atoms with E-state index < -0.39 is 23.0 Å². The first-order valence-electron chi connectivity index (χ1n) is 6.15. The molecule has 0 unspecified atom stereocenters. The lowest BCUT2D eigenvalue weighted by Crippen LogP contribution is -2.48. The van der Waals surface area contributed by atoms with Crippen LogP contribution in [-0.4, -0.2) is 43.7 Å². The van der Waals surface area contributed by atoms with Crippen molar-refractivity contribution in [2.24, 2.45) is 10.6 Å². The van der Waals surface area contributed by atoms with Gasteiger partial charge in [-0.25, -0.2) is 8.78 Å². The van der Waals surface area contributed by atoms with Gasteiger partial charge in [-0.3, -0.25) is 4.79 Å². The molecular weight excluding hydrogens is 286 g/mol. The van der Waals surface area contributed by atoms with Gasteiger partial charge in [0.1, 0.15) is 24.5 Å². The number of aliphatic hydroxyl groups excluding tert-OH is 1. The van der Waals surface area contributed by atoms with Crippen LogP contribution in [0.1, 0.15) is 0 Å². The van der Waals surface area contributed by atoms with Crippen LogP contribution < -0.4 is 5.32 Å². The monoisotopic (exact) mass is 300 g/mol. The molecule has 6 nitrogen and oxygen atoms in total. The Hall–Kier alpha value is -2.06. The number of nitrogens with zero attached hydrogens (tertiary/aromatic N) is 1. The van der Waals surface area contributed by atoms with Gasteiger partial charge < -0.3 is 20.0 Å². The molecule has 0 saturated carbocycles. The molecule has 0 atom stereocenters. The van der Waals surface area contributed by atoms with Crippen LogP contribution in [0.15, 0.2) is 23.4 Å².